The maximum absolute atomic E-state index is 14.8. The largest absolute Gasteiger partial charge is 0.480 e. The third-order valence-electron chi connectivity index (χ3n) is 5.87. The maximum Gasteiger partial charge on any atom is 0.338 e. The van der Waals surface area contributed by atoms with Crippen molar-refractivity contribution in [3.63, 3.8) is 0 Å². The monoisotopic (exact) mass is 572 g/mol. The lowest BCUT2D eigenvalue weighted by Gasteiger charge is -2.38. The molecule has 1 aromatic heterocycles. The molecule has 1 saturated heterocycles. The molecule has 0 radical (unpaired) electrons. The minimum Gasteiger partial charge on any atom is -0.480 e. The molecule has 4 rings (SSSR count). The van der Waals surface area contributed by atoms with Crippen LogP contribution in [0.1, 0.15) is 23.5 Å². The zero-order chi connectivity index (χ0) is 27.4. The summed E-state index contributed by atoms with van der Waals surface area (Å²) in [5.74, 6) is -2.34. The number of ether oxygens (including phenoxy) is 2. The van der Waals surface area contributed by atoms with Crippen molar-refractivity contribution < 1.29 is 37.3 Å². The van der Waals surface area contributed by atoms with Gasteiger partial charge in [0.25, 0.3) is 0 Å². The molecule has 9 nitrogen and oxygen atoms in total. The number of carboxylic acids is 1. The Bertz CT molecular complexity index is 1230. The van der Waals surface area contributed by atoms with Crippen LogP contribution in [0.3, 0.4) is 0 Å². The lowest BCUT2D eigenvalue weighted by Crippen LogP contribution is -2.54. The van der Waals surface area contributed by atoms with Crippen molar-refractivity contribution in [2.45, 2.75) is 31.4 Å². The molecular formula is C24H24ClF3N4O5S. The van der Waals surface area contributed by atoms with Gasteiger partial charge in [-0.3, -0.25) is 9.89 Å². The number of aromatic nitrogens is 1. The lowest BCUT2D eigenvalue weighted by atomic mass is 9.94. The van der Waals surface area contributed by atoms with E-state index < -0.39 is 48.9 Å². The van der Waals surface area contributed by atoms with Gasteiger partial charge in [0.05, 0.1) is 12.2 Å². The number of hydrogen-bond donors (Lipinski definition) is 2. The molecular weight excluding hydrogens is 549 g/mol. The molecule has 0 amide bonds. The van der Waals surface area contributed by atoms with Crippen LogP contribution in [0.5, 0.6) is 0 Å². The first-order valence-electron chi connectivity index (χ1n) is 11.6. The number of aliphatic carboxylic acids is 1. The van der Waals surface area contributed by atoms with E-state index in [0.29, 0.717) is 16.4 Å². The van der Waals surface area contributed by atoms with Crippen molar-refractivity contribution in [1.82, 2.24) is 15.2 Å². The number of carbonyl (C=O) groups excluding carboxylic acids is 1. The number of nitrogens with one attached hydrogen (secondary N) is 1. The van der Waals surface area contributed by atoms with Crippen molar-refractivity contribution >= 4 is 40.7 Å². The molecule has 2 N–H and O–H groups in total. The van der Waals surface area contributed by atoms with Crippen LogP contribution >= 0.6 is 22.9 Å². The number of amidine groups is 1. The molecule has 1 fully saturated rings. The molecule has 2 aliphatic heterocycles. The number of nitrogens with zero attached hydrogens (tertiary/aromatic N) is 3. The predicted octanol–water partition coefficient (Wildman–Crippen LogP) is 3.31. The Kier molecular flexibility index (Phi) is 9.03. The highest BCUT2D eigenvalue weighted by Gasteiger charge is 2.41. The van der Waals surface area contributed by atoms with Gasteiger partial charge in [0, 0.05) is 47.5 Å². The highest BCUT2D eigenvalue weighted by molar-refractivity contribution is 7.11. The molecule has 2 unspecified atom stereocenters. The Morgan fingerprint density at radius 3 is 2.63 bits per heavy atom. The number of likely N-dealkylation sites (tertiary alicyclic amines) is 1. The van der Waals surface area contributed by atoms with Crippen molar-refractivity contribution in [3.05, 3.63) is 62.5 Å². The molecule has 38 heavy (non-hydrogen) atoms. The average Bonchev–Trinajstić information content (AvgIpc) is 3.38. The van der Waals surface area contributed by atoms with Crippen LogP contribution in [0.4, 0.5) is 13.2 Å². The summed E-state index contributed by atoms with van der Waals surface area (Å²) in [6, 6.07) is 2.68. The van der Waals surface area contributed by atoms with E-state index in [1.165, 1.54) is 28.4 Å². The van der Waals surface area contributed by atoms with E-state index in [1.807, 2.05) is 0 Å². The number of alkyl halides is 2. The van der Waals surface area contributed by atoms with Crippen molar-refractivity contribution in [2.24, 2.45) is 4.99 Å². The first-order chi connectivity index (χ1) is 18.2. The number of carbonyl (C=O) groups is 2. The van der Waals surface area contributed by atoms with Gasteiger partial charge in [-0.15, -0.1) is 11.3 Å². The SMILES string of the molecule is CCOC(=O)C1=C(CN2CC(F)C(OCC(=O)O)C(F)C2)NC(c2nccs2)=N[C@H]1c1ccc(F)cc1Cl. The molecule has 3 atom stereocenters. The number of benzene rings is 1. The van der Waals surface area contributed by atoms with Gasteiger partial charge in [-0.25, -0.2) is 27.7 Å². The molecule has 0 saturated carbocycles. The fourth-order valence-electron chi connectivity index (χ4n) is 4.30. The number of halogens is 4. The number of thiazole rings is 1. The van der Waals surface area contributed by atoms with Crippen LogP contribution in [0.25, 0.3) is 0 Å². The Labute approximate surface area is 224 Å². The lowest BCUT2D eigenvalue weighted by molar-refractivity contribution is -0.151. The summed E-state index contributed by atoms with van der Waals surface area (Å²) in [5, 5.41) is 14.1. The van der Waals surface area contributed by atoms with E-state index in [2.05, 4.69) is 15.3 Å². The number of esters is 1. The Morgan fingerprint density at radius 1 is 1.29 bits per heavy atom. The number of aliphatic imine (C=N–C) groups is 1. The molecule has 3 heterocycles. The zero-order valence-electron chi connectivity index (χ0n) is 20.1. The van der Waals surface area contributed by atoms with Gasteiger partial charge < -0.3 is 19.9 Å². The van der Waals surface area contributed by atoms with Gasteiger partial charge in [0.2, 0.25) is 0 Å². The number of carboxylic acid groups (broad SMARTS) is 1. The van der Waals surface area contributed by atoms with Crippen LogP contribution in [0, 0.1) is 5.82 Å². The first kappa shape index (κ1) is 28.0. The Balaban J connectivity index is 1.71. The van der Waals surface area contributed by atoms with Crippen LogP contribution < -0.4 is 5.32 Å². The summed E-state index contributed by atoms with van der Waals surface area (Å²) in [6.07, 6.45) is -3.60. The van der Waals surface area contributed by atoms with Gasteiger partial charge in [0.15, 0.2) is 10.8 Å². The first-order valence-corrected chi connectivity index (χ1v) is 12.9. The Morgan fingerprint density at radius 2 is 2.03 bits per heavy atom. The minimum absolute atomic E-state index is 0.0318. The average molecular weight is 573 g/mol. The third-order valence-corrected chi connectivity index (χ3v) is 6.98. The molecule has 0 spiro atoms. The van der Waals surface area contributed by atoms with Gasteiger partial charge >= 0.3 is 11.9 Å². The Hall–Kier alpha value is -3.00. The van der Waals surface area contributed by atoms with E-state index in [4.69, 9.17) is 26.2 Å². The molecule has 0 aliphatic carbocycles. The van der Waals surface area contributed by atoms with E-state index in [0.717, 1.165) is 6.07 Å². The van der Waals surface area contributed by atoms with E-state index in [9.17, 15) is 22.8 Å². The maximum atomic E-state index is 14.8. The quantitative estimate of drug-likeness (QED) is 0.440. The van der Waals surface area contributed by atoms with Gasteiger partial charge in [-0.1, -0.05) is 17.7 Å². The van der Waals surface area contributed by atoms with Crippen LogP contribution in [-0.2, 0) is 19.1 Å². The fourth-order valence-corrected chi connectivity index (χ4v) is 5.16. The standard InChI is InChI=1S/C24H24ClF3N4O5S/c1-2-36-24(35)19-17(10-32-8-15(27)21(16(28)9-32)37-11-18(33)34)30-22(23-29-5-6-38-23)31-20(19)13-4-3-12(26)7-14(13)25/h3-7,15-16,20-21H,2,8-11H2,1H3,(H,30,31)(H,33,34)/t15?,16?,20-,21?/m0/s1. The van der Waals surface area contributed by atoms with Crippen LogP contribution in [0.2, 0.25) is 5.02 Å². The van der Waals surface area contributed by atoms with Crippen LogP contribution in [-0.4, -0.2) is 84.1 Å². The molecule has 2 aliphatic rings. The normalized spacial score (nSPS) is 24.1. The van der Waals surface area contributed by atoms with E-state index in [1.54, 1.807) is 18.5 Å². The summed E-state index contributed by atoms with van der Waals surface area (Å²) in [7, 11) is 0. The molecule has 0 bridgehead atoms. The second kappa shape index (κ2) is 12.2. The van der Waals surface area contributed by atoms with Crippen molar-refractivity contribution in [3.8, 4) is 0 Å². The highest BCUT2D eigenvalue weighted by atomic mass is 35.5. The topological polar surface area (TPSA) is 113 Å². The summed E-state index contributed by atoms with van der Waals surface area (Å²) in [6.45, 7) is 0.185. The van der Waals surface area contributed by atoms with Crippen LogP contribution in [0.15, 0.2) is 46.0 Å². The highest BCUT2D eigenvalue weighted by Crippen LogP contribution is 2.37. The summed E-state index contributed by atoms with van der Waals surface area (Å²) in [4.78, 5) is 34.3. The van der Waals surface area contributed by atoms with Gasteiger partial charge in [-0.05, 0) is 19.1 Å². The second-order valence-corrected chi connectivity index (χ2v) is 9.82. The van der Waals surface area contributed by atoms with E-state index >= 15 is 0 Å². The predicted molar refractivity (Wildman–Crippen MR) is 133 cm³/mol. The molecule has 14 heteroatoms. The van der Waals surface area contributed by atoms with Gasteiger partial charge in [0.1, 0.15) is 36.9 Å². The van der Waals surface area contributed by atoms with Crippen molar-refractivity contribution in [2.75, 3.05) is 32.8 Å². The number of rotatable bonds is 9. The zero-order valence-corrected chi connectivity index (χ0v) is 21.6. The second-order valence-electron chi connectivity index (χ2n) is 8.52. The smallest absolute Gasteiger partial charge is 0.338 e. The summed E-state index contributed by atoms with van der Waals surface area (Å²) < 4.78 is 53.7. The summed E-state index contributed by atoms with van der Waals surface area (Å²) in [5.41, 5.74) is 0.644. The third kappa shape index (κ3) is 6.34. The molecule has 1 aromatic carbocycles. The van der Waals surface area contributed by atoms with Crippen molar-refractivity contribution in [1.29, 1.82) is 0 Å². The fraction of sp³-hybridized carbons (Fsp3) is 0.417. The molecule has 204 valence electrons. The number of hydrogen-bond acceptors (Lipinski definition) is 9. The number of piperidine rings is 1. The summed E-state index contributed by atoms with van der Waals surface area (Å²) >= 11 is 7.62. The minimum atomic E-state index is -1.82. The molecule has 2 aromatic rings. The van der Waals surface area contributed by atoms with E-state index in [-0.39, 0.29) is 42.5 Å². The van der Waals surface area contributed by atoms with Gasteiger partial charge in [-0.2, -0.15) is 0 Å².